The van der Waals surface area contributed by atoms with Gasteiger partial charge in [0.25, 0.3) is 0 Å². The maximum absolute atomic E-state index is 11.1. The number of rotatable bonds is 1. The zero-order valence-electron chi connectivity index (χ0n) is 7.56. The summed E-state index contributed by atoms with van der Waals surface area (Å²) in [5.41, 5.74) is 0.416. The van der Waals surface area contributed by atoms with Crippen molar-refractivity contribution in [2.24, 2.45) is 0 Å². The summed E-state index contributed by atoms with van der Waals surface area (Å²) in [6, 6.07) is 0.228. The van der Waals surface area contributed by atoms with Crippen LogP contribution in [0.25, 0.3) is 0 Å². The summed E-state index contributed by atoms with van der Waals surface area (Å²) in [5, 5.41) is 0. The molecule has 80 valence electrons. The lowest BCUT2D eigenvalue weighted by atomic mass is 10.0. The van der Waals surface area contributed by atoms with Crippen molar-refractivity contribution in [3.05, 3.63) is 11.8 Å². The average molecular weight is 240 g/mol. The number of hydrogen-bond donors (Lipinski definition) is 0. The van der Waals surface area contributed by atoms with Crippen molar-refractivity contribution in [3.63, 3.8) is 0 Å². The Balaban J connectivity index is 0.000000845. The molecule has 0 aromatic carbocycles. The van der Waals surface area contributed by atoms with Gasteiger partial charge in [-0.2, -0.15) is 0 Å². The van der Waals surface area contributed by atoms with Gasteiger partial charge in [-0.25, -0.2) is 4.79 Å². The standard InChI is InChI=1S/C8H9NO3.2ClH/c1-12-8(11)6-3-2-5-4-7(10)9(5)6;;/h3,5H,2,4H2,1H3;2*1H/t5-;;/m1../s1. The molecule has 14 heavy (non-hydrogen) atoms. The quantitative estimate of drug-likeness (QED) is 0.505. The molecular weight excluding hydrogens is 229 g/mol. The van der Waals surface area contributed by atoms with Gasteiger partial charge < -0.3 is 9.64 Å². The van der Waals surface area contributed by atoms with Crippen LogP contribution < -0.4 is 0 Å². The summed E-state index contributed by atoms with van der Waals surface area (Å²) in [7, 11) is 1.32. The second kappa shape index (κ2) is 4.66. The molecule has 2 heterocycles. The lowest BCUT2D eigenvalue weighted by Gasteiger charge is -2.35. The van der Waals surface area contributed by atoms with Crippen molar-refractivity contribution in [3.8, 4) is 0 Å². The molecule has 4 nitrogen and oxygen atoms in total. The average Bonchev–Trinajstić information content (AvgIpc) is 2.40. The van der Waals surface area contributed by atoms with Gasteiger partial charge in [-0.05, 0) is 6.42 Å². The first kappa shape index (κ1) is 13.3. The van der Waals surface area contributed by atoms with E-state index in [2.05, 4.69) is 4.74 Å². The summed E-state index contributed by atoms with van der Waals surface area (Å²) in [6.45, 7) is 0. The molecule has 0 aliphatic carbocycles. The van der Waals surface area contributed by atoms with Crippen LogP contribution in [0.1, 0.15) is 12.8 Å². The van der Waals surface area contributed by atoms with Crippen molar-refractivity contribution in [2.75, 3.05) is 7.11 Å². The number of β-lactam (4-membered cyclic amide) rings is 1. The van der Waals surface area contributed by atoms with E-state index < -0.39 is 5.97 Å². The van der Waals surface area contributed by atoms with Gasteiger partial charge in [0.1, 0.15) is 5.70 Å². The molecule has 0 saturated carbocycles. The molecule has 1 atom stereocenters. The minimum absolute atomic E-state index is 0. The SMILES string of the molecule is COC(=O)C1=CC[C@@H]2CC(=O)N12.Cl.Cl. The predicted molar refractivity (Wildman–Crippen MR) is 54.5 cm³/mol. The Kier molecular flexibility index (Phi) is 4.42. The maximum Gasteiger partial charge on any atom is 0.354 e. The van der Waals surface area contributed by atoms with E-state index in [-0.39, 0.29) is 36.8 Å². The fourth-order valence-corrected chi connectivity index (χ4v) is 1.63. The van der Waals surface area contributed by atoms with Crippen LogP contribution in [0.15, 0.2) is 11.8 Å². The molecule has 2 rings (SSSR count). The number of halogens is 2. The molecule has 0 unspecified atom stereocenters. The number of nitrogens with zero attached hydrogens (tertiary/aromatic N) is 1. The molecule has 6 heteroatoms. The van der Waals surface area contributed by atoms with Crippen LogP contribution >= 0.6 is 24.8 Å². The summed E-state index contributed by atoms with van der Waals surface area (Å²) in [4.78, 5) is 23.6. The first-order chi connectivity index (χ1) is 5.74. The van der Waals surface area contributed by atoms with E-state index in [4.69, 9.17) is 0 Å². The molecule has 0 radical (unpaired) electrons. The lowest BCUT2D eigenvalue weighted by Crippen LogP contribution is -2.49. The van der Waals surface area contributed by atoms with Gasteiger partial charge in [0, 0.05) is 12.5 Å². The minimum atomic E-state index is -0.412. The van der Waals surface area contributed by atoms with E-state index in [1.165, 1.54) is 12.0 Å². The highest BCUT2D eigenvalue weighted by Gasteiger charge is 2.43. The highest BCUT2D eigenvalue weighted by molar-refractivity contribution is 5.98. The van der Waals surface area contributed by atoms with Gasteiger partial charge in [0.2, 0.25) is 5.91 Å². The Bertz CT molecular complexity index is 290. The number of esters is 1. The fraction of sp³-hybridized carbons (Fsp3) is 0.500. The number of ether oxygens (including phenoxy) is 1. The molecule has 1 saturated heterocycles. The Morgan fingerprint density at radius 1 is 1.57 bits per heavy atom. The molecule has 1 fully saturated rings. The topological polar surface area (TPSA) is 46.6 Å². The second-order valence-corrected chi connectivity index (χ2v) is 2.94. The predicted octanol–water partition coefficient (Wildman–Crippen LogP) is 0.891. The summed E-state index contributed by atoms with van der Waals surface area (Å²) in [6.07, 6.45) is 3.12. The molecule has 0 N–H and O–H groups in total. The van der Waals surface area contributed by atoms with Crippen LogP contribution in [-0.2, 0) is 14.3 Å². The number of carbonyl (C=O) groups is 2. The first-order valence-corrected chi connectivity index (χ1v) is 3.84. The van der Waals surface area contributed by atoms with Crippen molar-refractivity contribution in [1.29, 1.82) is 0 Å². The van der Waals surface area contributed by atoms with Crippen LogP contribution in [0, 0.1) is 0 Å². The van der Waals surface area contributed by atoms with Gasteiger partial charge in [-0.15, -0.1) is 24.8 Å². The third-order valence-corrected chi connectivity index (χ3v) is 2.28. The number of hydrogen-bond acceptors (Lipinski definition) is 3. The van der Waals surface area contributed by atoms with Crippen LogP contribution in [0.3, 0.4) is 0 Å². The zero-order chi connectivity index (χ0) is 8.72. The van der Waals surface area contributed by atoms with Crippen molar-refractivity contribution in [1.82, 2.24) is 4.90 Å². The highest BCUT2D eigenvalue weighted by Crippen LogP contribution is 2.33. The monoisotopic (exact) mass is 239 g/mol. The van der Waals surface area contributed by atoms with E-state index in [0.717, 1.165) is 6.42 Å². The van der Waals surface area contributed by atoms with Gasteiger partial charge in [-0.1, -0.05) is 6.08 Å². The van der Waals surface area contributed by atoms with E-state index in [1.54, 1.807) is 6.08 Å². The Labute approximate surface area is 94.1 Å². The summed E-state index contributed by atoms with van der Waals surface area (Å²) < 4.78 is 4.53. The molecule has 2 aliphatic heterocycles. The lowest BCUT2D eigenvalue weighted by molar-refractivity contribution is -0.148. The fourth-order valence-electron chi connectivity index (χ4n) is 1.63. The highest BCUT2D eigenvalue weighted by atomic mass is 35.5. The summed E-state index contributed by atoms with van der Waals surface area (Å²) >= 11 is 0. The molecular formula is C8H11Cl2NO3. The molecule has 1 amide bonds. The maximum atomic E-state index is 11.1. The first-order valence-electron chi connectivity index (χ1n) is 3.84. The molecule has 2 aliphatic rings. The van der Waals surface area contributed by atoms with Gasteiger partial charge in [0.05, 0.1) is 7.11 Å². The van der Waals surface area contributed by atoms with Gasteiger partial charge in [0.15, 0.2) is 0 Å². The third kappa shape index (κ3) is 1.72. The number of amides is 1. The van der Waals surface area contributed by atoms with Crippen LogP contribution in [-0.4, -0.2) is 29.9 Å². The number of methoxy groups -OCH3 is 1. The van der Waals surface area contributed by atoms with Crippen molar-refractivity contribution in [2.45, 2.75) is 18.9 Å². The largest absolute Gasteiger partial charge is 0.464 e. The molecule has 0 aromatic rings. The van der Waals surface area contributed by atoms with Crippen molar-refractivity contribution < 1.29 is 14.3 Å². The van der Waals surface area contributed by atoms with Gasteiger partial charge >= 0.3 is 5.97 Å². The normalized spacial score (nSPS) is 22.4. The van der Waals surface area contributed by atoms with Crippen LogP contribution in [0.4, 0.5) is 0 Å². The van der Waals surface area contributed by atoms with Gasteiger partial charge in [-0.3, -0.25) is 4.79 Å². The van der Waals surface area contributed by atoms with E-state index >= 15 is 0 Å². The van der Waals surface area contributed by atoms with Crippen LogP contribution in [0.5, 0.6) is 0 Å². The van der Waals surface area contributed by atoms with Crippen molar-refractivity contribution >= 4 is 36.7 Å². The van der Waals surface area contributed by atoms with E-state index in [0.29, 0.717) is 12.1 Å². The Hall–Kier alpha value is -0.740. The smallest absolute Gasteiger partial charge is 0.354 e. The molecule has 0 aromatic heterocycles. The number of carbonyl (C=O) groups excluding carboxylic acids is 2. The van der Waals surface area contributed by atoms with E-state index in [9.17, 15) is 9.59 Å². The second-order valence-electron chi connectivity index (χ2n) is 2.94. The molecule has 0 bridgehead atoms. The Morgan fingerprint density at radius 3 is 2.71 bits per heavy atom. The Morgan fingerprint density at radius 2 is 2.21 bits per heavy atom. The minimum Gasteiger partial charge on any atom is -0.464 e. The molecule has 0 spiro atoms. The number of fused-ring (bicyclic) bond motifs is 1. The zero-order valence-corrected chi connectivity index (χ0v) is 9.19. The van der Waals surface area contributed by atoms with Crippen LogP contribution in [0.2, 0.25) is 0 Å². The summed E-state index contributed by atoms with van der Waals surface area (Å²) in [5.74, 6) is -0.389. The van der Waals surface area contributed by atoms with E-state index in [1.807, 2.05) is 0 Å². The third-order valence-electron chi connectivity index (χ3n) is 2.28.